The molecule has 0 spiro atoms. The third-order valence-electron chi connectivity index (χ3n) is 7.26. The zero-order valence-electron chi connectivity index (χ0n) is 22.1. The fourth-order valence-electron chi connectivity index (χ4n) is 5.14. The highest BCUT2D eigenvalue weighted by Crippen LogP contribution is 2.37. The molecule has 2 aromatic heterocycles. The smallest absolute Gasteiger partial charge is 0.141 e. The van der Waals surface area contributed by atoms with Crippen LogP contribution in [0.25, 0.3) is 10.9 Å². The van der Waals surface area contributed by atoms with Gasteiger partial charge in [0.05, 0.1) is 51.2 Å². The van der Waals surface area contributed by atoms with Crippen LogP contribution in [0.4, 0.5) is 21.5 Å². The number of β-amino-alcohol motifs (C(OH)–C–C–N with tert-alkyl or cyclic N) is 1. The molecule has 0 radical (unpaired) electrons. The Labute approximate surface area is 250 Å². The van der Waals surface area contributed by atoms with E-state index in [1.165, 1.54) is 24.4 Å². The number of aliphatic hydroxyl groups is 1. The average molecular weight is 603 g/mol. The summed E-state index contributed by atoms with van der Waals surface area (Å²) >= 11 is 12.7. The molecular weight excluding hydrogens is 578 g/mol. The summed E-state index contributed by atoms with van der Waals surface area (Å²) in [5.41, 5.74) is 3.96. The van der Waals surface area contributed by atoms with Gasteiger partial charge in [0.15, 0.2) is 0 Å². The van der Waals surface area contributed by atoms with Crippen molar-refractivity contribution >= 4 is 51.2 Å². The molecule has 212 valence electrons. The van der Waals surface area contributed by atoms with Crippen molar-refractivity contribution in [2.75, 3.05) is 23.7 Å². The highest BCUT2D eigenvalue weighted by molar-refractivity contribution is 6.36. The van der Waals surface area contributed by atoms with E-state index in [1.54, 1.807) is 10.7 Å². The van der Waals surface area contributed by atoms with E-state index >= 15 is 0 Å². The number of hydrogen-bond acceptors (Lipinski definition) is 8. The van der Waals surface area contributed by atoms with Crippen LogP contribution in [0.3, 0.4) is 0 Å². The van der Waals surface area contributed by atoms with E-state index in [1.807, 2.05) is 42.6 Å². The summed E-state index contributed by atoms with van der Waals surface area (Å²) < 4.78 is 15.5. The second-order valence-corrected chi connectivity index (χ2v) is 10.8. The van der Waals surface area contributed by atoms with Crippen molar-refractivity contribution in [2.24, 2.45) is 0 Å². The van der Waals surface area contributed by atoms with Gasteiger partial charge < -0.3 is 21.1 Å². The van der Waals surface area contributed by atoms with Gasteiger partial charge in [-0.3, -0.25) is 4.98 Å². The number of nitriles is 1. The fourth-order valence-corrected chi connectivity index (χ4v) is 5.59. The van der Waals surface area contributed by atoms with Crippen LogP contribution in [0, 0.1) is 17.1 Å². The van der Waals surface area contributed by atoms with Gasteiger partial charge in [-0.05, 0) is 48.9 Å². The Morgan fingerprint density at radius 2 is 1.90 bits per heavy atom. The highest BCUT2D eigenvalue weighted by atomic mass is 35.5. The van der Waals surface area contributed by atoms with Gasteiger partial charge in [-0.15, -0.1) is 5.10 Å². The molecule has 9 nitrogen and oxygen atoms in total. The Morgan fingerprint density at radius 1 is 1.10 bits per heavy atom. The van der Waals surface area contributed by atoms with Crippen LogP contribution in [0.5, 0.6) is 0 Å². The van der Waals surface area contributed by atoms with E-state index < -0.39 is 18.0 Å². The monoisotopic (exact) mass is 602 g/mol. The molecule has 1 saturated heterocycles. The van der Waals surface area contributed by atoms with Gasteiger partial charge in [-0.2, -0.15) is 5.26 Å². The van der Waals surface area contributed by atoms with Crippen molar-refractivity contribution in [3.8, 4) is 6.07 Å². The average Bonchev–Trinajstić information content (AvgIpc) is 3.48. The molecule has 1 aliphatic heterocycles. The van der Waals surface area contributed by atoms with E-state index in [0.717, 1.165) is 18.5 Å². The first kappa shape index (κ1) is 27.9. The molecule has 0 bridgehead atoms. The van der Waals surface area contributed by atoms with Gasteiger partial charge in [0.25, 0.3) is 0 Å². The molecule has 12 heteroatoms. The predicted molar refractivity (Wildman–Crippen MR) is 161 cm³/mol. The molecule has 6 rings (SSSR count). The predicted octanol–water partition coefficient (Wildman–Crippen LogP) is 5.98. The number of halogens is 3. The highest BCUT2D eigenvalue weighted by Gasteiger charge is 2.27. The normalized spacial score (nSPS) is 17.5. The van der Waals surface area contributed by atoms with Crippen molar-refractivity contribution in [1.29, 1.82) is 5.26 Å². The van der Waals surface area contributed by atoms with Crippen LogP contribution < -0.4 is 16.0 Å². The number of aromatic nitrogens is 4. The van der Waals surface area contributed by atoms with Crippen LogP contribution >= 0.6 is 23.2 Å². The number of rotatable bonds is 7. The van der Waals surface area contributed by atoms with Crippen molar-refractivity contribution in [2.45, 2.75) is 24.6 Å². The van der Waals surface area contributed by atoms with Crippen LogP contribution in [0.2, 0.25) is 10.0 Å². The third-order valence-corrected chi connectivity index (χ3v) is 7.83. The molecule has 0 aliphatic carbocycles. The Bertz CT molecular complexity index is 1790. The number of nitrogens with one attached hydrogen (secondary N) is 3. The minimum absolute atomic E-state index is 0.0481. The van der Waals surface area contributed by atoms with Gasteiger partial charge in [0, 0.05) is 29.5 Å². The zero-order valence-corrected chi connectivity index (χ0v) is 23.6. The van der Waals surface area contributed by atoms with E-state index in [9.17, 15) is 14.8 Å². The quantitative estimate of drug-likeness (QED) is 0.179. The lowest BCUT2D eigenvalue weighted by Crippen LogP contribution is -2.41. The minimum atomic E-state index is -0.570. The van der Waals surface area contributed by atoms with E-state index in [0.29, 0.717) is 45.2 Å². The van der Waals surface area contributed by atoms with Crippen molar-refractivity contribution in [1.82, 2.24) is 25.3 Å². The molecular formula is C30H25Cl2FN8O. The van der Waals surface area contributed by atoms with E-state index in [2.05, 4.69) is 37.3 Å². The number of pyridine rings is 1. The summed E-state index contributed by atoms with van der Waals surface area (Å²) in [4.78, 5) is 4.42. The van der Waals surface area contributed by atoms with E-state index in [4.69, 9.17) is 23.2 Å². The maximum atomic E-state index is 13.8. The topological polar surface area (TPSA) is 124 Å². The molecule has 1 unspecified atom stereocenters. The van der Waals surface area contributed by atoms with Crippen LogP contribution in [0.15, 0.2) is 73.1 Å². The number of nitrogens with zero attached hydrogens (tertiary/aromatic N) is 5. The Hall–Kier alpha value is -4.27. The summed E-state index contributed by atoms with van der Waals surface area (Å²) in [6.45, 7) is 1.28. The summed E-state index contributed by atoms with van der Waals surface area (Å²) in [7, 11) is 0. The lowest BCUT2D eigenvalue weighted by molar-refractivity contribution is 0.0800. The third kappa shape index (κ3) is 5.60. The van der Waals surface area contributed by atoms with Crippen molar-refractivity contribution in [3.05, 3.63) is 106 Å². The molecule has 1 fully saturated rings. The lowest BCUT2D eigenvalue weighted by atomic mass is 10.0. The molecule has 0 amide bonds. The molecule has 5 aromatic rings. The summed E-state index contributed by atoms with van der Waals surface area (Å²) in [5.74, 6) is -0.546. The van der Waals surface area contributed by atoms with Crippen molar-refractivity contribution < 1.29 is 9.50 Å². The number of hydrogen-bond donors (Lipinski definition) is 4. The molecule has 4 N–H and O–H groups in total. The second-order valence-electron chi connectivity index (χ2n) is 10.0. The van der Waals surface area contributed by atoms with Gasteiger partial charge in [-0.1, -0.05) is 58.7 Å². The second kappa shape index (κ2) is 11.9. The number of benzene rings is 3. The number of aliphatic hydroxyl groups excluding tert-OH is 1. The molecule has 0 saturated carbocycles. The number of fused-ring (bicyclic) bond motifs is 1. The largest absolute Gasteiger partial charge is 0.390 e. The SMILES string of the molecule is N#Cc1cnc2c(Cl)cc(N[C@@H](c3ccccc3)c3cn(C4CCNC[C@H]4O)nn3)cc2c1Nc1ccc(F)c(Cl)c1. The first-order valence-electron chi connectivity index (χ1n) is 13.3. The first-order chi connectivity index (χ1) is 20.4. The maximum Gasteiger partial charge on any atom is 0.141 e. The van der Waals surface area contributed by atoms with Crippen LogP contribution in [-0.2, 0) is 0 Å². The van der Waals surface area contributed by atoms with Gasteiger partial charge >= 0.3 is 0 Å². The van der Waals surface area contributed by atoms with Gasteiger partial charge in [0.2, 0.25) is 0 Å². The van der Waals surface area contributed by atoms with Gasteiger partial charge in [0.1, 0.15) is 17.6 Å². The summed E-state index contributed by atoms with van der Waals surface area (Å²) in [6.07, 6.45) is 3.46. The molecule has 42 heavy (non-hydrogen) atoms. The Balaban J connectivity index is 1.41. The summed E-state index contributed by atoms with van der Waals surface area (Å²) in [6, 6.07) is 19.2. The maximum absolute atomic E-state index is 13.8. The molecule has 3 atom stereocenters. The van der Waals surface area contributed by atoms with Gasteiger partial charge in [-0.25, -0.2) is 9.07 Å². The first-order valence-corrected chi connectivity index (χ1v) is 14.0. The Kier molecular flexibility index (Phi) is 7.91. The molecule has 1 aliphatic rings. The molecule has 3 heterocycles. The summed E-state index contributed by atoms with van der Waals surface area (Å²) in [5, 5.41) is 40.0. The van der Waals surface area contributed by atoms with Crippen LogP contribution in [-0.4, -0.2) is 44.3 Å². The number of anilines is 3. The lowest BCUT2D eigenvalue weighted by Gasteiger charge is -2.28. The molecule has 3 aromatic carbocycles. The zero-order chi connectivity index (χ0) is 29.2. The standard InChI is InChI=1S/C30H25Cl2FN8O/c31-22-11-19(6-7-24(22)33)37-28-18(13-34)14-36-30-21(28)10-20(12-23(30)32)38-29(17-4-2-1-3-5-17)25-16-41(40-39-25)26-8-9-35-15-27(26)42/h1-7,10-12,14,16,26-27,29,35,38,42H,8-9,15H2,(H,36,37)/t26?,27-,29+/m1/s1. The Morgan fingerprint density at radius 3 is 2.67 bits per heavy atom. The fraction of sp³-hybridized carbons (Fsp3) is 0.200. The number of piperidine rings is 1. The van der Waals surface area contributed by atoms with Crippen molar-refractivity contribution in [3.63, 3.8) is 0 Å². The minimum Gasteiger partial charge on any atom is -0.390 e. The van der Waals surface area contributed by atoms with E-state index in [-0.39, 0.29) is 16.6 Å². The van der Waals surface area contributed by atoms with Crippen LogP contribution in [0.1, 0.15) is 35.3 Å².